The minimum absolute atomic E-state index is 0.000880. The highest BCUT2D eigenvalue weighted by molar-refractivity contribution is 5.96. The third-order valence-electron chi connectivity index (χ3n) is 4.44. The van der Waals surface area contributed by atoms with Crippen LogP contribution < -0.4 is 4.74 Å². The number of benzene rings is 2. The molecule has 1 N–H and O–H groups in total. The Bertz CT molecular complexity index is 741. The monoisotopic (exact) mass is 325 g/mol. The van der Waals surface area contributed by atoms with Crippen molar-refractivity contribution >= 4 is 5.91 Å². The molecule has 1 aliphatic rings. The maximum atomic E-state index is 12.8. The molecular weight excluding hydrogens is 302 g/mol. The zero-order chi connectivity index (χ0) is 17.1. The second kappa shape index (κ2) is 7.05. The fourth-order valence-corrected chi connectivity index (χ4v) is 3.06. The van der Waals surface area contributed by atoms with Gasteiger partial charge in [0.25, 0.3) is 5.91 Å². The third kappa shape index (κ3) is 3.60. The number of rotatable bonds is 4. The second-order valence-corrected chi connectivity index (χ2v) is 6.40. The van der Waals surface area contributed by atoms with Gasteiger partial charge in [-0.3, -0.25) is 4.79 Å². The van der Waals surface area contributed by atoms with Gasteiger partial charge in [0.1, 0.15) is 11.9 Å². The van der Waals surface area contributed by atoms with E-state index in [9.17, 15) is 9.90 Å². The van der Waals surface area contributed by atoms with E-state index in [-0.39, 0.29) is 18.6 Å². The van der Waals surface area contributed by atoms with Gasteiger partial charge in [-0.2, -0.15) is 0 Å². The van der Waals surface area contributed by atoms with Crippen molar-refractivity contribution in [1.29, 1.82) is 0 Å². The van der Waals surface area contributed by atoms with Gasteiger partial charge in [-0.15, -0.1) is 0 Å². The van der Waals surface area contributed by atoms with Crippen molar-refractivity contribution in [3.63, 3.8) is 0 Å². The number of hydrogen-bond acceptors (Lipinski definition) is 3. The first kappa shape index (κ1) is 16.5. The van der Waals surface area contributed by atoms with Gasteiger partial charge in [-0.25, -0.2) is 0 Å². The van der Waals surface area contributed by atoms with Gasteiger partial charge in [0.05, 0.1) is 13.2 Å². The van der Waals surface area contributed by atoms with Crippen molar-refractivity contribution in [2.24, 2.45) is 0 Å². The summed E-state index contributed by atoms with van der Waals surface area (Å²) in [5.41, 5.74) is 3.70. The Kier molecular flexibility index (Phi) is 4.86. The Morgan fingerprint density at radius 2 is 2.08 bits per heavy atom. The molecule has 1 amide bonds. The molecule has 0 aliphatic carbocycles. The van der Waals surface area contributed by atoms with Gasteiger partial charge < -0.3 is 14.7 Å². The van der Waals surface area contributed by atoms with Gasteiger partial charge in [-0.05, 0) is 43.2 Å². The van der Waals surface area contributed by atoms with Crippen LogP contribution in [0.25, 0.3) is 0 Å². The molecule has 0 bridgehead atoms. The largest absolute Gasteiger partial charge is 0.489 e. The molecule has 3 rings (SSSR count). The number of aliphatic hydroxyl groups is 1. The van der Waals surface area contributed by atoms with Crippen molar-refractivity contribution in [3.8, 4) is 5.75 Å². The van der Waals surface area contributed by atoms with Crippen LogP contribution in [0, 0.1) is 13.8 Å². The Balaban J connectivity index is 1.66. The molecule has 1 atom stereocenters. The standard InChI is InChI=1S/C20H23NO3/c1-14-6-7-15(2)19(10-14)20(23)21-9-8-18(12-21)24-17-5-3-4-16(11-17)13-22/h3-7,10-11,18,22H,8-9,12-13H2,1-2H3/t18-/m0/s1. The zero-order valence-electron chi connectivity index (χ0n) is 14.2. The molecule has 126 valence electrons. The summed E-state index contributed by atoms with van der Waals surface area (Å²) in [7, 11) is 0. The average Bonchev–Trinajstić information content (AvgIpc) is 3.05. The predicted octanol–water partition coefficient (Wildman–Crippen LogP) is 3.09. The predicted molar refractivity (Wildman–Crippen MR) is 93.2 cm³/mol. The Morgan fingerprint density at radius 1 is 1.25 bits per heavy atom. The van der Waals surface area contributed by atoms with Crippen LogP contribution in [0.15, 0.2) is 42.5 Å². The normalized spacial score (nSPS) is 17.1. The lowest BCUT2D eigenvalue weighted by Gasteiger charge is -2.19. The van der Waals surface area contributed by atoms with Crippen LogP contribution in [-0.2, 0) is 6.61 Å². The number of nitrogens with zero attached hydrogens (tertiary/aromatic N) is 1. The molecule has 0 radical (unpaired) electrons. The van der Waals surface area contributed by atoms with E-state index in [1.165, 1.54) is 0 Å². The first-order valence-corrected chi connectivity index (χ1v) is 8.30. The summed E-state index contributed by atoms with van der Waals surface area (Å²) in [6, 6.07) is 13.4. The maximum absolute atomic E-state index is 12.8. The minimum atomic E-state index is -0.00647. The number of amides is 1. The maximum Gasteiger partial charge on any atom is 0.254 e. The highest BCUT2D eigenvalue weighted by Gasteiger charge is 2.29. The summed E-state index contributed by atoms with van der Waals surface area (Å²) in [4.78, 5) is 14.6. The minimum Gasteiger partial charge on any atom is -0.489 e. The Morgan fingerprint density at radius 3 is 2.88 bits per heavy atom. The van der Waals surface area contributed by atoms with E-state index < -0.39 is 0 Å². The molecule has 1 saturated heterocycles. The Hall–Kier alpha value is -2.33. The summed E-state index contributed by atoms with van der Waals surface area (Å²) >= 11 is 0. The lowest BCUT2D eigenvalue weighted by molar-refractivity contribution is 0.0771. The summed E-state index contributed by atoms with van der Waals surface area (Å²) in [6.07, 6.45) is 0.813. The highest BCUT2D eigenvalue weighted by Crippen LogP contribution is 2.22. The molecule has 4 heteroatoms. The number of aliphatic hydroxyl groups excluding tert-OH is 1. The number of carbonyl (C=O) groups is 1. The van der Waals surface area contributed by atoms with E-state index >= 15 is 0 Å². The van der Waals surface area contributed by atoms with Gasteiger partial charge >= 0.3 is 0 Å². The first-order chi connectivity index (χ1) is 11.6. The van der Waals surface area contributed by atoms with E-state index in [0.717, 1.165) is 34.4 Å². The second-order valence-electron chi connectivity index (χ2n) is 6.40. The molecule has 2 aromatic carbocycles. The fourth-order valence-electron chi connectivity index (χ4n) is 3.06. The molecule has 1 heterocycles. The van der Waals surface area contributed by atoms with Crippen LogP contribution in [0.2, 0.25) is 0 Å². The molecule has 1 fully saturated rings. The van der Waals surface area contributed by atoms with Crippen molar-refractivity contribution in [3.05, 3.63) is 64.7 Å². The van der Waals surface area contributed by atoms with Crippen molar-refractivity contribution < 1.29 is 14.6 Å². The molecule has 0 spiro atoms. The number of carbonyl (C=O) groups excluding carboxylic acids is 1. The van der Waals surface area contributed by atoms with Crippen LogP contribution >= 0.6 is 0 Å². The smallest absolute Gasteiger partial charge is 0.254 e. The topological polar surface area (TPSA) is 49.8 Å². The number of likely N-dealkylation sites (tertiary alicyclic amines) is 1. The quantitative estimate of drug-likeness (QED) is 0.940. The lowest BCUT2D eigenvalue weighted by atomic mass is 10.0. The van der Waals surface area contributed by atoms with Crippen LogP contribution in [-0.4, -0.2) is 35.1 Å². The summed E-state index contributed by atoms with van der Waals surface area (Å²) in [6.45, 7) is 5.27. The van der Waals surface area contributed by atoms with Crippen LogP contribution in [0.4, 0.5) is 0 Å². The van der Waals surface area contributed by atoms with Crippen LogP contribution in [0.5, 0.6) is 5.75 Å². The molecular formula is C20H23NO3. The van der Waals surface area contributed by atoms with Crippen molar-refractivity contribution in [1.82, 2.24) is 4.90 Å². The van der Waals surface area contributed by atoms with E-state index in [1.54, 1.807) is 0 Å². The number of hydrogen-bond donors (Lipinski definition) is 1. The summed E-state index contributed by atoms with van der Waals surface area (Å²) in [5.74, 6) is 0.819. The molecule has 2 aromatic rings. The third-order valence-corrected chi connectivity index (χ3v) is 4.44. The van der Waals surface area contributed by atoms with Crippen LogP contribution in [0.1, 0.15) is 33.5 Å². The number of aryl methyl sites for hydroxylation is 2. The molecule has 4 nitrogen and oxygen atoms in total. The van der Waals surface area contributed by atoms with Crippen molar-refractivity contribution in [2.75, 3.05) is 13.1 Å². The van der Waals surface area contributed by atoms with E-state index in [1.807, 2.05) is 61.2 Å². The van der Waals surface area contributed by atoms with Gasteiger partial charge in [0, 0.05) is 18.5 Å². The molecule has 0 saturated carbocycles. The van der Waals surface area contributed by atoms with Gasteiger partial charge in [-0.1, -0.05) is 29.8 Å². The SMILES string of the molecule is Cc1ccc(C)c(C(=O)N2CC[C@H](Oc3cccc(CO)c3)C2)c1. The van der Waals surface area contributed by atoms with E-state index in [2.05, 4.69) is 0 Å². The summed E-state index contributed by atoms with van der Waals surface area (Å²) in [5, 5.41) is 9.20. The zero-order valence-corrected chi connectivity index (χ0v) is 14.2. The average molecular weight is 325 g/mol. The van der Waals surface area contributed by atoms with E-state index in [4.69, 9.17) is 4.74 Å². The Labute approximate surface area is 142 Å². The molecule has 0 aromatic heterocycles. The summed E-state index contributed by atoms with van der Waals surface area (Å²) < 4.78 is 5.98. The highest BCUT2D eigenvalue weighted by atomic mass is 16.5. The lowest BCUT2D eigenvalue weighted by Crippen LogP contribution is -2.31. The van der Waals surface area contributed by atoms with Crippen LogP contribution in [0.3, 0.4) is 0 Å². The van der Waals surface area contributed by atoms with E-state index in [0.29, 0.717) is 13.1 Å². The van der Waals surface area contributed by atoms with Gasteiger partial charge in [0.2, 0.25) is 0 Å². The fraction of sp³-hybridized carbons (Fsp3) is 0.350. The first-order valence-electron chi connectivity index (χ1n) is 8.30. The molecule has 1 aliphatic heterocycles. The molecule has 24 heavy (non-hydrogen) atoms. The van der Waals surface area contributed by atoms with Crippen molar-refractivity contribution in [2.45, 2.75) is 33.0 Å². The number of ether oxygens (including phenoxy) is 1. The van der Waals surface area contributed by atoms with Gasteiger partial charge in [0.15, 0.2) is 0 Å². The molecule has 0 unspecified atom stereocenters.